The number of nitrogens with one attached hydrogen (secondary N) is 1. The smallest absolute Gasteiger partial charge is 0.341 e. The van der Waals surface area contributed by atoms with Crippen molar-refractivity contribution in [1.29, 1.82) is 0 Å². The molecule has 0 aliphatic heterocycles. The van der Waals surface area contributed by atoms with Crippen LogP contribution in [0.2, 0.25) is 0 Å². The Morgan fingerprint density at radius 2 is 2.04 bits per heavy atom. The Labute approximate surface area is 144 Å². The van der Waals surface area contributed by atoms with Crippen molar-refractivity contribution in [1.82, 2.24) is 9.97 Å². The second kappa shape index (κ2) is 6.52. The highest BCUT2D eigenvalue weighted by molar-refractivity contribution is 9.10. The molecule has 0 amide bonds. The van der Waals surface area contributed by atoms with E-state index in [0.29, 0.717) is 15.4 Å². The lowest BCUT2D eigenvalue weighted by molar-refractivity contribution is 0.0314. The Bertz CT molecular complexity index is 987. The van der Waals surface area contributed by atoms with E-state index < -0.39 is 17.9 Å². The van der Waals surface area contributed by atoms with Crippen LogP contribution in [0.3, 0.4) is 0 Å². The third-order valence-electron chi connectivity index (χ3n) is 3.45. The van der Waals surface area contributed by atoms with Crippen LogP contribution in [0.5, 0.6) is 0 Å². The van der Waals surface area contributed by atoms with Gasteiger partial charge >= 0.3 is 5.97 Å². The van der Waals surface area contributed by atoms with Gasteiger partial charge in [-0.1, -0.05) is 28.1 Å². The summed E-state index contributed by atoms with van der Waals surface area (Å²) >= 11 is 3.18. The molecule has 7 heteroatoms. The van der Waals surface area contributed by atoms with E-state index in [1.54, 1.807) is 31.2 Å². The summed E-state index contributed by atoms with van der Waals surface area (Å²) in [6, 6.07) is 10.8. The molecule has 0 saturated heterocycles. The van der Waals surface area contributed by atoms with Crippen molar-refractivity contribution in [2.24, 2.45) is 0 Å². The van der Waals surface area contributed by atoms with Crippen LogP contribution >= 0.6 is 15.9 Å². The third kappa shape index (κ3) is 3.21. The minimum Gasteiger partial charge on any atom is -0.451 e. The van der Waals surface area contributed by atoms with E-state index in [9.17, 15) is 14.0 Å². The van der Waals surface area contributed by atoms with Crippen LogP contribution in [0.1, 0.15) is 29.2 Å². The summed E-state index contributed by atoms with van der Waals surface area (Å²) in [5, 5.41) is 0.442. The van der Waals surface area contributed by atoms with Gasteiger partial charge in [0, 0.05) is 4.47 Å². The molecule has 5 nitrogen and oxygen atoms in total. The van der Waals surface area contributed by atoms with Gasteiger partial charge in [-0.25, -0.2) is 14.2 Å². The van der Waals surface area contributed by atoms with Crippen molar-refractivity contribution in [3.05, 3.63) is 74.5 Å². The Kier molecular flexibility index (Phi) is 4.44. The Morgan fingerprint density at radius 1 is 1.29 bits per heavy atom. The Hall–Kier alpha value is -2.54. The molecule has 1 N–H and O–H groups in total. The highest BCUT2D eigenvalue weighted by Crippen LogP contribution is 2.20. The maximum atomic E-state index is 13.8. The number of rotatable bonds is 3. The summed E-state index contributed by atoms with van der Waals surface area (Å²) in [4.78, 5) is 31.1. The maximum absolute atomic E-state index is 13.8. The summed E-state index contributed by atoms with van der Waals surface area (Å²) < 4.78 is 19.5. The molecule has 2 aromatic carbocycles. The molecule has 122 valence electrons. The first-order valence-corrected chi connectivity index (χ1v) is 7.90. The van der Waals surface area contributed by atoms with E-state index in [-0.39, 0.29) is 16.9 Å². The number of H-pyrrole nitrogens is 1. The number of halogens is 2. The van der Waals surface area contributed by atoms with Gasteiger partial charge < -0.3 is 9.72 Å². The van der Waals surface area contributed by atoms with Gasteiger partial charge in [0.15, 0.2) is 11.9 Å². The molecule has 3 rings (SSSR count). The molecular formula is C17H12BrFN2O3. The Balaban J connectivity index is 1.89. The van der Waals surface area contributed by atoms with Crippen LogP contribution in [-0.4, -0.2) is 15.9 Å². The van der Waals surface area contributed by atoms with Gasteiger partial charge in [-0.3, -0.25) is 4.79 Å². The van der Waals surface area contributed by atoms with E-state index >= 15 is 0 Å². The van der Waals surface area contributed by atoms with Gasteiger partial charge in [0.25, 0.3) is 5.56 Å². The highest BCUT2D eigenvalue weighted by Gasteiger charge is 2.19. The molecule has 0 aliphatic carbocycles. The van der Waals surface area contributed by atoms with Crippen LogP contribution < -0.4 is 5.56 Å². The number of fused-ring (bicyclic) bond motifs is 1. The number of ether oxygens (including phenoxy) is 1. The number of para-hydroxylation sites is 1. The lowest BCUT2D eigenvalue weighted by atomic mass is 10.2. The molecule has 1 heterocycles. The molecule has 1 atom stereocenters. The summed E-state index contributed by atoms with van der Waals surface area (Å²) in [5.41, 5.74) is -0.0284. The van der Waals surface area contributed by atoms with E-state index in [1.165, 1.54) is 18.2 Å². The van der Waals surface area contributed by atoms with Crippen LogP contribution in [0.4, 0.5) is 4.39 Å². The van der Waals surface area contributed by atoms with E-state index in [4.69, 9.17) is 4.74 Å². The molecule has 0 bridgehead atoms. The molecule has 0 radical (unpaired) electrons. The fourth-order valence-corrected chi connectivity index (χ4v) is 2.59. The number of esters is 1. The number of hydrogen-bond acceptors (Lipinski definition) is 4. The normalized spacial score (nSPS) is 12.1. The maximum Gasteiger partial charge on any atom is 0.341 e. The molecule has 0 aliphatic rings. The zero-order valence-electron chi connectivity index (χ0n) is 12.5. The minimum absolute atomic E-state index is 0.195. The van der Waals surface area contributed by atoms with Gasteiger partial charge in [-0.2, -0.15) is 0 Å². The summed E-state index contributed by atoms with van der Waals surface area (Å²) in [6.07, 6.45) is -0.840. The predicted octanol–water partition coefficient (Wildman–Crippen LogP) is 3.74. The molecule has 0 fully saturated rings. The van der Waals surface area contributed by atoms with E-state index in [0.717, 1.165) is 0 Å². The minimum atomic E-state index is -0.840. The van der Waals surface area contributed by atoms with Crippen LogP contribution in [0.15, 0.2) is 51.7 Å². The monoisotopic (exact) mass is 390 g/mol. The molecule has 3 aromatic rings. The second-order valence-corrected chi connectivity index (χ2v) is 6.06. The number of benzene rings is 2. The first-order valence-electron chi connectivity index (χ1n) is 7.10. The second-order valence-electron chi connectivity index (χ2n) is 5.14. The van der Waals surface area contributed by atoms with Gasteiger partial charge in [0.05, 0.1) is 16.5 Å². The van der Waals surface area contributed by atoms with Crippen molar-refractivity contribution < 1.29 is 13.9 Å². The van der Waals surface area contributed by atoms with Crippen molar-refractivity contribution in [2.75, 3.05) is 0 Å². The van der Waals surface area contributed by atoms with Crippen molar-refractivity contribution in [2.45, 2.75) is 13.0 Å². The average Bonchev–Trinajstić information content (AvgIpc) is 2.57. The number of carbonyl (C=O) groups excluding carboxylic acids is 1. The highest BCUT2D eigenvalue weighted by atomic mass is 79.9. The van der Waals surface area contributed by atoms with Crippen LogP contribution in [0.25, 0.3) is 10.9 Å². The summed E-state index contributed by atoms with van der Waals surface area (Å²) in [7, 11) is 0. The molecule has 0 saturated carbocycles. The lowest BCUT2D eigenvalue weighted by Crippen LogP contribution is -2.18. The largest absolute Gasteiger partial charge is 0.451 e. The predicted molar refractivity (Wildman–Crippen MR) is 90.3 cm³/mol. The van der Waals surface area contributed by atoms with Gasteiger partial charge in [-0.05, 0) is 37.3 Å². The number of aromatic amines is 1. The van der Waals surface area contributed by atoms with Crippen LogP contribution in [-0.2, 0) is 4.74 Å². The lowest BCUT2D eigenvalue weighted by Gasteiger charge is -2.13. The molecule has 24 heavy (non-hydrogen) atoms. The number of aromatic nitrogens is 2. The number of hydrogen-bond donors (Lipinski definition) is 1. The van der Waals surface area contributed by atoms with Gasteiger partial charge in [0.2, 0.25) is 0 Å². The first kappa shape index (κ1) is 16.3. The number of nitrogens with zero attached hydrogens (tertiary/aromatic N) is 1. The van der Waals surface area contributed by atoms with E-state index in [2.05, 4.69) is 25.9 Å². The fourth-order valence-electron chi connectivity index (χ4n) is 2.23. The van der Waals surface area contributed by atoms with Gasteiger partial charge in [0.1, 0.15) is 5.82 Å². The molecule has 0 unspecified atom stereocenters. The molecular weight excluding hydrogens is 379 g/mol. The zero-order chi connectivity index (χ0) is 17.3. The quantitative estimate of drug-likeness (QED) is 0.691. The standard InChI is InChI=1S/C17H12BrFN2O3/c1-9(24-17(23)12-8-10(18)6-7-13(12)19)15-20-14-5-3-2-4-11(14)16(22)21-15/h2-9H,1H3,(H,20,21,22)/t9-/m0/s1. The third-order valence-corrected chi connectivity index (χ3v) is 3.94. The SMILES string of the molecule is C[C@H](OC(=O)c1cc(Br)ccc1F)c1nc2ccccc2c(=O)[nH]1. The Morgan fingerprint density at radius 3 is 2.83 bits per heavy atom. The summed E-state index contributed by atoms with van der Waals surface area (Å²) in [6.45, 7) is 1.56. The van der Waals surface area contributed by atoms with E-state index in [1.807, 2.05) is 0 Å². The van der Waals surface area contributed by atoms with Crippen molar-refractivity contribution >= 4 is 32.8 Å². The first-order chi connectivity index (χ1) is 11.5. The topological polar surface area (TPSA) is 72.0 Å². The molecule has 1 aromatic heterocycles. The summed E-state index contributed by atoms with van der Waals surface area (Å²) in [5.74, 6) is -1.32. The number of carbonyl (C=O) groups is 1. The average molecular weight is 391 g/mol. The van der Waals surface area contributed by atoms with Crippen molar-refractivity contribution in [3.63, 3.8) is 0 Å². The fraction of sp³-hybridized carbons (Fsp3) is 0.118. The zero-order valence-corrected chi connectivity index (χ0v) is 14.1. The van der Waals surface area contributed by atoms with Crippen LogP contribution in [0, 0.1) is 5.82 Å². The molecule has 0 spiro atoms. The van der Waals surface area contributed by atoms with Crippen molar-refractivity contribution in [3.8, 4) is 0 Å². The van der Waals surface area contributed by atoms with Gasteiger partial charge in [-0.15, -0.1) is 0 Å².